The maximum Gasteiger partial charge on any atom is 0.0605 e. The van der Waals surface area contributed by atoms with E-state index in [1.54, 1.807) is 0 Å². The largest absolute Gasteiger partial charge is 0.309 e. The number of hydrogen-bond donors (Lipinski definition) is 1. The van der Waals surface area contributed by atoms with Crippen LogP contribution in [0, 0.1) is 20.8 Å². The minimum Gasteiger partial charge on any atom is -0.309 e. The van der Waals surface area contributed by atoms with Gasteiger partial charge in [-0.05, 0) is 50.4 Å². The number of benzene rings is 1. The van der Waals surface area contributed by atoms with Crippen molar-refractivity contribution in [2.75, 3.05) is 6.54 Å². The summed E-state index contributed by atoms with van der Waals surface area (Å²) in [7, 11) is 0. The third-order valence-corrected chi connectivity index (χ3v) is 3.56. The fourth-order valence-electron chi connectivity index (χ4n) is 2.68. The van der Waals surface area contributed by atoms with Crippen LogP contribution in [0.25, 0.3) is 0 Å². The second-order valence-electron chi connectivity index (χ2n) is 5.52. The van der Waals surface area contributed by atoms with Crippen LogP contribution in [0.1, 0.15) is 40.9 Å². The van der Waals surface area contributed by atoms with Crippen molar-refractivity contribution in [3.05, 3.63) is 64.5 Å². The van der Waals surface area contributed by atoms with Crippen LogP contribution in [-0.4, -0.2) is 11.5 Å². The standard InChI is InChI=1S/C18H24N2/c1-5-19-17(11-16-8-6-7-13(2)10-16)18-15(4)9-14(3)12-20-18/h6-10,12,17,19H,5,11H2,1-4H3. The minimum absolute atomic E-state index is 0.280. The Morgan fingerprint density at radius 3 is 2.55 bits per heavy atom. The maximum atomic E-state index is 4.65. The SMILES string of the molecule is CCNC(Cc1cccc(C)c1)c1ncc(C)cc1C. The van der Waals surface area contributed by atoms with Gasteiger partial charge in [0.2, 0.25) is 0 Å². The molecule has 0 aliphatic heterocycles. The third kappa shape index (κ3) is 3.67. The fraction of sp³-hybridized carbons (Fsp3) is 0.389. The molecule has 1 aromatic carbocycles. The summed E-state index contributed by atoms with van der Waals surface area (Å²) in [5, 5.41) is 3.56. The van der Waals surface area contributed by atoms with Crippen LogP contribution < -0.4 is 5.32 Å². The van der Waals surface area contributed by atoms with Gasteiger partial charge in [0, 0.05) is 6.20 Å². The molecule has 2 rings (SSSR count). The van der Waals surface area contributed by atoms with Gasteiger partial charge in [0.25, 0.3) is 0 Å². The molecule has 1 heterocycles. The van der Waals surface area contributed by atoms with Gasteiger partial charge in [-0.25, -0.2) is 0 Å². The molecule has 0 saturated heterocycles. The van der Waals surface area contributed by atoms with Gasteiger partial charge in [0.05, 0.1) is 11.7 Å². The molecule has 0 saturated carbocycles. The summed E-state index contributed by atoms with van der Waals surface area (Å²) in [6.45, 7) is 9.47. The molecule has 0 bridgehead atoms. The van der Waals surface area contributed by atoms with Gasteiger partial charge >= 0.3 is 0 Å². The summed E-state index contributed by atoms with van der Waals surface area (Å²) in [6, 6.07) is 11.2. The Balaban J connectivity index is 2.26. The molecule has 1 N–H and O–H groups in total. The van der Waals surface area contributed by atoms with Crippen LogP contribution in [0.15, 0.2) is 36.5 Å². The average Bonchev–Trinajstić information content (AvgIpc) is 2.38. The van der Waals surface area contributed by atoms with Gasteiger partial charge < -0.3 is 5.32 Å². The highest BCUT2D eigenvalue weighted by atomic mass is 14.9. The highest BCUT2D eigenvalue weighted by Crippen LogP contribution is 2.21. The first-order chi connectivity index (χ1) is 9.60. The number of rotatable bonds is 5. The first-order valence-electron chi connectivity index (χ1n) is 7.32. The van der Waals surface area contributed by atoms with Gasteiger partial charge in [-0.15, -0.1) is 0 Å². The Kier molecular flexibility index (Phi) is 4.91. The van der Waals surface area contributed by atoms with Crippen molar-refractivity contribution in [3.63, 3.8) is 0 Å². The van der Waals surface area contributed by atoms with E-state index in [0.29, 0.717) is 0 Å². The lowest BCUT2D eigenvalue weighted by atomic mass is 9.98. The van der Waals surface area contributed by atoms with E-state index >= 15 is 0 Å². The number of hydrogen-bond acceptors (Lipinski definition) is 2. The van der Waals surface area contributed by atoms with Crippen LogP contribution in [0.3, 0.4) is 0 Å². The van der Waals surface area contributed by atoms with Crippen molar-refractivity contribution in [2.45, 2.75) is 40.2 Å². The van der Waals surface area contributed by atoms with E-state index in [4.69, 9.17) is 0 Å². The lowest BCUT2D eigenvalue weighted by molar-refractivity contribution is 0.533. The summed E-state index contributed by atoms with van der Waals surface area (Å²) >= 11 is 0. The third-order valence-electron chi connectivity index (χ3n) is 3.56. The van der Waals surface area contributed by atoms with Crippen molar-refractivity contribution < 1.29 is 0 Å². The van der Waals surface area contributed by atoms with Crippen LogP contribution in [0.5, 0.6) is 0 Å². The van der Waals surface area contributed by atoms with E-state index < -0.39 is 0 Å². The molecule has 1 aromatic heterocycles. The highest BCUT2D eigenvalue weighted by molar-refractivity contribution is 5.29. The predicted molar refractivity (Wildman–Crippen MR) is 85.0 cm³/mol. The monoisotopic (exact) mass is 268 g/mol. The summed E-state index contributed by atoms with van der Waals surface area (Å²) < 4.78 is 0. The molecule has 0 amide bonds. The van der Waals surface area contributed by atoms with Gasteiger partial charge in [0.1, 0.15) is 0 Å². The van der Waals surface area contributed by atoms with E-state index in [-0.39, 0.29) is 6.04 Å². The molecular formula is C18H24N2. The second-order valence-corrected chi connectivity index (χ2v) is 5.52. The van der Waals surface area contributed by atoms with Crippen molar-refractivity contribution in [1.82, 2.24) is 10.3 Å². The first-order valence-corrected chi connectivity index (χ1v) is 7.32. The number of nitrogens with zero attached hydrogens (tertiary/aromatic N) is 1. The number of aromatic nitrogens is 1. The molecule has 0 spiro atoms. The number of pyridine rings is 1. The van der Waals surface area contributed by atoms with Crippen LogP contribution in [-0.2, 0) is 6.42 Å². The summed E-state index contributed by atoms with van der Waals surface area (Å²) in [5.41, 5.74) is 6.32. The Hall–Kier alpha value is -1.67. The summed E-state index contributed by atoms with van der Waals surface area (Å²) in [6.07, 6.45) is 2.94. The smallest absolute Gasteiger partial charge is 0.0605 e. The Morgan fingerprint density at radius 2 is 1.90 bits per heavy atom. The number of nitrogens with one attached hydrogen (secondary N) is 1. The molecule has 0 aliphatic carbocycles. The predicted octanol–water partition coefficient (Wildman–Crippen LogP) is 3.90. The zero-order chi connectivity index (χ0) is 14.5. The molecule has 1 atom stereocenters. The van der Waals surface area contributed by atoms with Gasteiger partial charge in [-0.2, -0.15) is 0 Å². The lowest BCUT2D eigenvalue weighted by Gasteiger charge is -2.20. The highest BCUT2D eigenvalue weighted by Gasteiger charge is 2.15. The Bertz CT molecular complexity index is 575. The van der Waals surface area contributed by atoms with Crippen LogP contribution in [0.2, 0.25) is 0 Å². The van der Waals surface area contributed by atoms with Crippen molar-refractivity contribution in [2.24, 2.45) is 0 Å². The molecule has 1 unspecified atom stereocenters. The maximum absolute atomic E-state index is 4.65. The molecule has 0 fully saturated rings. The second kappa shape index (κ2) is 6.67. The Labute approximate surface area is 122 Å². The first kappa shape index (κ1) is 14.7. The minimum atomic E-state index is 0.280. The van der Waals surface area contributed by atoms with Crippen molar-refractivity contribution in [3.8, 4) is 0 Å². The number of likely N-dealkylation sites (N-methyl/N-ethyl adjacent to an activating group) is 1. The molecule has 0 radical (unpaired) electrons. The molecule has 2 aromatic rings. The fourth-order valence-corrected chi connectivity index (χ4v) is 2.68. The van der Waals surface area contributed by atoms with Crippen LogP contribution >= 0.6 is 0 Å². The van der Waals surface area contributed by atoms with E-state index in [9.17, 15) is 0 Å². The normalized spacial score (nSPS) is 12.4. The van der Waals surface area contributed by atoms with Gasteiger partial charge in [0.15, 0.2) is 0 Å². The number of aryl methyl sites for hydroxylation is 3. The quantitative estimate of drug-likeness (QED) is 0.889. The zero-order valence-corrected chi connectivity index (χ0v) is 12.9. The molecule has 106 valence electrons. The molecule has 20 heavy (non-hydrogen) atoms. The Morgan fingerprint density at radius 1 is 1.10 bits per heavy atom. The molecule has 2 nitrogen and oxygen atoms in total. The van der Waals surface area contributed by atoms with E-state index in [1.807, 2.05) is 6.20 Å². The van der Waals surface area contributed by atoms with E-state index in [1.165, 1.54) is 27.9 Å². The van der Waals surface area contributed by atoms with E-state index in [2.05, 4.69) is 68.3 Å². The van der Waals surface area contributed by atoms with Gasteiger partial charge in [-0.3, -0.25) is 4.98 Å². The molecule has 2 heteroatoms. The summed E-state index contributed by atoms with van der Waals surface area (Å²) in [4.78, 5) is 4.65. The topological polar surface area (TPSA) is 24.9 Å². The van der Waals surface area contributed by atoms with Gasteiger partial charge in [-0.1, -0.05) is 42.8 Å². The van der Waals surface area contributed by atoms with Crippen molar-refractivity contribution >= 4 is 0 Å². The lowest BCUT2D eigenvalue weighted by Crippen LogP contribution is -2.24. The molecule has 0 aliphatic rings. The zero-order valence-electron chi connectivity index (χ0n) is 12.9. The molecular weight excluding hydrogens is 244 g/mol. The van der Waals surface area contributed by atoms with Crippen molar-refractivity contribution in [1.29, 1.82) is 0 Å². The van der Waals surface area contributed by atoms with Crippen LogP contribution in [0.4, 0.5) is 0 Å². The van der Waals surface area contributed by atoms with E-state index in [0.717, 1.165) is 13.0 Å². The summed E-state index contributed by atoms with van der Waals surface area (Å²) in [5.74, 6) is 0. The average molecular weight is 268 g/mol.